The van der Waals surface area contributed by atoms with Crippen LogP contribution >= 0.6 is 0 Å². The van der Waals surface area contributed by atoms with Gasteiger partial charge in [0.1, 0.15) is 17.1 Å². The molecule has 190 valence electrons. The van der Waals surface area contributed by atoms with Crippen molar-refractivity contribution in [3.05, 3.63) is 52.4 Å². The minimum absolute atomic E-state index is 0.210. The summed E-state index contributed by atoms with van der Waals surface area (Å²) < 4.78 is 22.9. The van der Waals surface area contributed by atoms with Gasteiger partial charge in [0.05, 0.1) is 36.2 Å². The lowest BCUT2D eigenvalue weighted by atomic mass is 9.99. The number of carboxylic acids is 1. The largest absolute Gasteiger partial charge is 0.548 e. The Kier molecular flexibility index (Phi) is 7.47. The molecule has 0 bridgehead atoms. The van der Waals surface area contributed by atoms with Crippen molar-refractivity contribution in [3.63, 3.8) is 0 Å². The molecule has 36 heavy (non-hydrogen) atoms. The molecule has 2 heterocycles. The van der Waals surface area contributed by atoms with Crippen molar-refractivity contribution < 1.29 is 33.3 Å². The van der Waals surface area contributed by atoms with Crippen molar-refractivity contribution >= 4 is 22.8 Å². The van der Waals surface area contributed by atoms with Crippen LogP contribution in [0.15, 0.2) is 45.6 Å². The molecule has 9 heteroatoms. The number of hydrogen-bond donors (Lipinski definition) is 1. The second-order valence-electron chi connectivity index (χ2n) is 8.77. The predicted octanol–water partition coefficient (Wildman–Crippen LogP) is 2.59. The van der Waals surface area contributed by atoms with Gasteiger partial charge >= 0.3 is 0 Å². The van der Waals surface area contributed by atoms with Crippen LogP contribution < -0.4 is 30.1 Å². The van der Waals surface area contributed by atoms with Gasteiger partial charge in [0, 0.05) is 12.5 Å². The van der Waals surface area contributed by atoms with Crippen molar-refractivity contribution in [1.82, 2.24) is 5.32 Å². The fourth-order valence-corrected chi connectivity index (χ4v) is 4.06. The number of aryl methyl sites for hydroxylation is 1. The lowest BCUT2D eigenvalue weighted by Gasteiger charge is -2.25. The van der Waals surface area contributed by atoms with Crippen molar-refractivity contribution in [2.24, 2.45) is 5.92 Å². The highest BCUT2D eigenvalue weighted by atomic mass is 16.5. The van der Waals surface area contributed by atoms with Crippen LogP contribution in [-0.2, 0) is 9.59 Å². The molecule has 0 aliphatic carbocycles. The second kappa shape index (κ2) is 10.7. The Hall–Kier alpha value is -4.01. The lowest BCUT2D eigenvalue weighted by molar-refractivity contribution is -0.309. The third-order valence-electron chi connectivity index (χ3n) is 6.23. The van der Waals surface area contributed by atoms with E-state index in [2.05, 4.69) is 5.32 Å². The molecule has 1 aliphatic rings. The molecule has 0 radical (unpaired) electrons. The maximum Gasteiger partial charge on any atom is 0.258 e. The predicted molar refractivity (Wildman–Crippen MR) is 130 cm³/mol. The molecule has 1 aliphatic heterocycles. The first-order valence-corrected chi connectivity index (χ1v) is 11.9. The standard InChI is InChI=1S/C27H29NO8/c1-4-15(2)25(27(31)32)28-23(29)14-35-18-7-8-19-21(13-18)36-16(3)24(26(19)30)17-6-9-20-22(12-17)34-11-5-10-33-20/h6-9,12-13,15,25H,4-5,10-11,14H2,1-3H3,(H,28,29)(H,31,32)/p-1/t15-,25+/m1/s1. The normalized spacial score (nSPS) is 14.5. The number of rotatable bonds is 8. The van der Waals surface area contributed by atoms with E-state index >= 15 is 0 Å². The number of carbonyl (C=O) groups excluding carboxylic acids is 2. The smallest absolute Gasteiger partial charge is 0.258 e. The number of amides is 1. The zero-order valence-corrected chi connectivity index (χ0v) is 20.4. The quantitative estimate of drug-likeness (QED) is 0.506. The number of carboxylic acid groups (broad SMARTS) is 1. The van der Waals surface area contributed by atoms with Crippen LogP contribution in [0.5, 0.6) is 17.2 Å². The van der Waals surface area contributed by atoms with Crippen LogP contribution in [-0.4, -0.2) is 37.7 Å². The molecule has 0 saturated carbocycles. The van der Waals surface area contributed by atoms with Crippen LogP contribution in [0.1, 0.15) is 32.4 Å². The van der Waals surface area contributed by atoms with Crippen LogP contribution in [0.4, 0.5) is 0 Å². The highest BCUT2D eigenvalue weighted by Gasteiger charge is 2.20. The van der Waals surface area contributed by atoms with Crippen LogP contribution in [0, 0.1) is 12.8 Å². The number of benzene rings is 2. The summed E-state index contributed by atoms with van der Waals surface area (Å²) in [5.74, 6) is -0.277. The first kappa shape index (κ1) is 25.1. The van der Waals surface area contributed by atoms with E-state index in [9.17, 15) is 19.5 Å². The molecule has 3 aromatic rings. The molecule has 2 aromatic carbocycles. The highest BCUT2D eigenvalue weighted by molar-refractivity contribution is 5.85. The summed E-state index contributed by atoms with van der Waals surface area (Å²) in [5.41, 5.74) is 1.18. The topological polar surface area (TPSA) is 127 Å². The third kappa shape index (κ3) is 5.30. The zero-order valence-electron chi connectivity index (χ0n) is 20.4. The molecule has 0 unspecified atom stereocenters. The van der Waals surface area contributed by atoms with Crippen molar-refractivity contribution in [3.8, 4) is 28.4 Å². The maximum absolute atomic E-state index is 13.3. The van der Waals surface area contributed by atoms with Crippen molar-refractivity contribution in [2.75, 3.05) is 19.8 Å². The number of aliphatic carboxylic acids is 1. The van der Waals surface area contributed by atoms with Crippen LogP contribution in [0.25, 0.3) is 22.1 Å². The number of hydrogen-bond acceptors (Lipinski definition) is 8. The number of nitrogens with one attached hydrogen (secondary N) is 1. The maximum atomic E-state index is 13.3. The highest BCUT2D eigenvalue weighted by Crippen LogP contribution is 2.35. The summed E-state index contributed by atoms with van der Waals surface area (Å²) in [6, 6.07) is 8.92. The molecule has 1 N–H and O–H groups in total. The van der Waals surface area contributed by atoms with Gasteiger partial charge in [0.2, 0.25) is 5.43 Å². The van der Waals surface area contributed by atoms with E-state index in [1.807, 2.05) is 6.92 Å². The molecule has 0 fully saturated rings. The minimum atomic E-state index is -1.34. The van der Waals surface area contributed by atoms with Gasteiger partial charge in [-0.25, -0.2) is 0 Å². The first-order chi connectivity index (χ1) is 17.3. The fraction of sp³-hybridized carbons (Fsp3) is 0.370. The Labute approximate surface area is 208 Å². The SMILES string of the molecule is CC[C@@H](C)[C@H](NC(=O)COc1ccc2c(=O)c(-c3ccc4c(c3)OCCCO4)c(C)oc2c1)C(=O)[O-]. The van der Waals surface area contributed by atoms with E-state index in [1.54, 1.807) is 44.2 Å². The lowest BCUT2D eigenvalue weighted by Crippen LogP contribution is -2.52. The Balaban J connectivity index is 1.54. The molecule has 9 nitrogen and oxygen atoms in total. The molecule has 1 aromatic heterocycles. The molecule has 4 rings (SSSR count). The number of fused-ring (bicyclic) bond motifs is 2. The van der Waals surface area contributed by atoms with Gasteiger partial charge in [-0.3, -0.25) is 9.59 Å². The summed E-state index contributed by atoms with van der Waals surface area (Å²) in [6.07, 6.45) is 1.35. The van der Waals surface area contributed by atoms with E-state index in [0.29, 0.717) is 64.7 Å². The van der Waals surface area contributed by atoms with E-state index in [0.717, 1.165) is 6.42 Å². The van der Waals surface area contributed by atoms with Gasteiger partial charge in [0.15, 0.2) is 18.1 Å². The number of ether oxygens (including phenoxy) is 3. The summed E-state index contributed by atoms with van der Waals surface area (Å²) in [6.45, 7) is 5.96. The van der Waals surface area contributed by atoms with Gasteiger partial charge in [-0.05, 0) is 42.7 Å². The van der Waals surface area contributed by atoms with Gasteiger partial charge < -0.3 is 33.8 Å². The first-order valence-electron chi connectivity index (χ1n) is 11.9. The van der Waals surface area contributed by atoms with E-state index in [4.69, 9.17) is 18.6 Å². The summed E-state index contributed by atoms with van der Waals surface area (Å²) >= 11 is 0. The fourth-order valence-electron chi connectivity index (χ4n) is 4.06. The van der Waals surface area contributed by atoms with Crippen LogP contribution in [0.3, 0.4) is 0 Å². The average Bonchev–Trinajstić information content (AvgIpc) is 3.10. The average molecular weight is 495 g/mol. The molecule has 2 atom stereocenters. The minimum Gasteiger partial charge on any atom is -0.548 e. The second-order valence-corrected chi connectivity index (χ2v) is 8.77. The number of carbonyl (C=O) groups is 2. The third-order valence-corrected chi connectivity index (χ3v) is 6.23. The van der Waals surface area contributed by atoms with E-state index in [-0.39, 0.29) is 11.3 Å². The monoisotopic (exact) mass is 494 g/mol. The van der Waals surface area contributed by atoms with Gasteiger partial charge in [-0.1, -0.05) is 26.3 Å². The Morgan fingerprint density at radius 1 is 1.11 bits per heavy atom. The van der Waals surface area contributed by atoms with Gasteiger partial charge in [0.25, 0.3) is 5.91 Å². The van der Waals surface area contributed by atoms with E-state index < -0.39 is 24.5 Å². The summed E-state index contributed by atoms with van der Waals surface area (Å²) in [5, 5.41) is 14.1. The van der Waals surface area contributed by atoms with Crippen molar-refractivity contribution in [2.45, 2.75) is 39.7 Å². The molecular weight excluding hydrogens is 466 g/mol. The van der Waals surface area contributed by atoms with Crippen molar-refractivity contribution in [1.29, 1.82) is 0 Å². The molecular formula is C27H28NO8-. The van der Waals surface area contributed by atoms with Crippen LogP contribution in [0.2, 0.25) is 0 Å². The molecule has 0 spiro atoms. The Bertz CT molecular complexity index is 1350. The molecule has 1 amide bonds. The van der Waals surface area contributed by atoms with Gasteiger partial charge in [-0.2, -0.15) is 0 Å². The van der Waals surface area contributed by atoms with E-state index in [1.165, 1.54) is 6.07 Å². The molecule has 0 saturated heterocycles. The Morgan fingerprint density at radius 3 is 2.58 bits per heavy atom. The Morgan fingerprint density at radius 2 is 1.86 bits per heavy atom. The van der Waals surface area contributed by atoms with Gasteiger partial charge in [-0.15, -0.1) is 0 Å². The summed E-state index contributed by atoms with van der Waals surface area (Å²) in [7, 11) is 0. The zero-order chi connectivity index (χ0) is 25.8. The summed E-state index contributed by atoms with van der Waals surface area (Å²) in [4.78, 5) is 36.9.